The number of nitrogens with one attached hydrogen (secondary N) is 2. The topological polar surface area (TPSA) is 473 Å². The molecule has 0 spiro atoms. The molecule has 0 fully saturated rings. The summed E-state index contributed by atoms with van der Waals surface area (Å²) in [7, 11) is 0. The van der Waals surface area contributed by atoms with Crippen molar-refractivity contribution in [3.63, 3.8) is 0 Å². The molecule has 0 aromatic heterocycles. The van der Waals surface area contributed by atoms with Crippen LogP contribution in [-0.2, 0) is 40.0 Å². The molecular formula is C26H46N8O15. The minimum atomic E-state index is -1.29. The lowest BCUT2D eigenvalue weighted by Crippen LogP contribution is -2.34. The Hall–Kier alpha value is -5.62. The third-order valence-corrected chi connectivity index (χ3v) is 4.91. The van der Waals surface area contributed by atoms with Gasteiger partial charge < -0.3 is 80.6 Å². The number of benzene rings is 1. The molecule has 23 heteroatoms. The number of phenolic OH excluding ortho intramolecular Hbond substituents is 1. The molecule has 4 unspecified atom stereocenters. The van der Waals surface area contributed by atoms with Gasteiger partial charge in [0.1, 0.15) is 29.9 Å². The van der Waals surface area contributed by atoms with Crippen LogP contribution in [0.4, 0.5) is 0 Å². The standard InChI is InChI=1S/C9H11NO3.C6H14N4O2.C5H9NO4.C4H7NO4.C2H5NO2/c10-8(9(12)13)5-6-1-3-7(11)4-2-6;7-4(5(11)12)2-1-3-10-6(8)9;6-3(5(9)10)1-2-4(7)8;5-2(4(8)9)1-3(6)7;3-1-2(4)5/h1-4,8,11H,5,10H2,(H,12,13);4H,1-3,7H2,(H,11,12)(H4,8,9,10);3H,1-2,6H2,(H,7,8)(H,9,10);2H,1,5H2,(H,6,7)(H,8,9);1,3H2,(H,4,5). The molecule has 0 aliphatic rings. The van der Waals surface area contributed by atoms with E-state index in [1.807, 2.05) is 0 Å². The van der Waals surface area contributed by atoms with Crippen molar-refractivity contribution >= 4 is 47.7 Å². The van der Waals surface area contributed by atoms with Crippen molar-refractivity contribution < 1.29 is 74.4 Å². The quantitative estimate of drug-likeness (QED) is 0.0444. The molecule has 0 heterocycles. The summed E-state index contributed by atoms with van der Waals surface area (Å²) in [6, 6.07) is 2.26. The monoisotopic (exact) mass is 710 g/mol. The van der Waals surface area contributed by atoms with Crippen LogP contribution < -0.4 is 39.7 Å². The summed E-state index contributed by atoms with van der Waals surface area (Å²) in [5.74, 6) is -7.64. The molecule has 4 atom stereocenters. The minimum Gasteiger partial charge on any atom is -0.508 e. The van der Waals surface area contributed by atoms with Gasteiger partial charge in [-0.15, -0.1) is 0 Å². The molecule has 49 heavy (non-hydrogen) atoms. The molecule has 0 saturated heterocycles. The fourth-order valence-corrected chi connectivity index (χ4v) is 2.32. The zero-order valence-electron chi connectivity index (χ0n) is 26.2. The number of aliphatic carboxylic acids is 7. The zero-order chi connectivity index (χ0) is 39.3. The molecule has 0 aliphatic carbocycles. The van der Waals surface area contributed by atoms with E-state index in [9.17, 15) is 33.6 Å². The third kappa shape index (κ3) is 38.5. The van der Waals surface area contributed by atoms with Crippen molar-refractivity contribution in [2.24, 2.45) is 34.4 Å². The average Bonchev–Trinajstić information content (AvgIpc) is 2.99. The van der Waals surface area contributed by atoms with Crippen molar-refractivity contribution in [2.45, 2.75) is 62.7 Å². The van der Waals surface area contributed by atoms with Crippen molar-refractivity contribution in [1.29, 1.82) is 5.41 Å². The van der Waals surface area contributed by atoms with Crippen LogP contribution >= 0.6 is 0 Å². The maximum atomic E-state index is 10.4. The lowest BCUT2D eigenvalue weighted by Gasteiger charge is -2.06. The number of aromatic hydroxyl groups is 1. The van der Waals surface area contributed by atoms with Crippen LogP contribution in [0, 0.1) is 5.41 Å². The summed E-state index contributed by atoms with van der Waals surface area (Å²) in [6.07, 6.45) is 0.492. The van der Waals surface area contributed by atoms with E-state index in [2.05, 4.69) is 11.1 Å². The molecule has 280 valence electrons. The van der Waals surface area contributed by atoms with E-state index in [1.165, 1.54) is 12.1 Å². The highest BCUT2D eigenvalue weighted by atomic mass is 16.4. The molecular weight excluding hydrogens is 664 g/mol. The Morgan fingerprint density at radius 2 is 1.06 bits per heavy atom. The van der Waals surface area contributed by atoms with Crippen LogP contribution in [0.1, 0.15) is 37.7 Å². The summed E-state index contributed by atoms with van der Waals surface area (Å²) >= 11 is 0. The summed E-state index contributed by atoms with van der Waals surface area (Å²) in [5, 5.41) is 75.1. The van der Waals surface area contributed by atoms with Gasteiger partial charge in [0.15, 0.2) is 5.96 Å². The second kappa shape index (κ2) is 29.8. The van der Waals surface area contributed by atoms with Gasteiger partial charge in [0, 0.05) is 13.0 Å². The van der Waals surface area contributed by atoms with Crippen molar-refractivity contribution in [3.05, 3.63) is 29.8 Å². The lowest BCUT2D eigenvalue weighted by atomic mass is 10.1. The molecule has 22 N–H and O–H groups in total. The number of carboxylic acid groups (broad SMARTS) is 7. The highest BCUT2D eigenvalue weighted by Crippen LogP contribution is 2.10. The Morgan fingerprint density at radius 3 is 1.37 bits per heavy atom. The normalized spacial score (nSPS) is 11.9. The van der Waals surface area contributed by atoms with Gasteiger partial charge in [-0.05, 0) is 43.4 Å². The van der Waals surface area contributed by atoms with E-state index < -0.39 is 72.4 Å². The van der Waals surface area contributed by atoms with E-state index in [-0.39, 0.29) is 37.5 Å². The first-order valence-corrected chi connectivity index (χ1v) is 13.6. The first-order valence-electron chi connectivity index (χ1n) is 13.6. The summed E-state index contributed by atoms with van der Waals surface area (Å²) in [4.78, 5) is 69.3. The number of rotatable bonds is 16. The van der Waals surface area contributed by atoms with Gasteiger partial charge in [0.2, 0.25) is 0 Å². The predicted octanol–water partition coefficient (Wildman–Crippen LogP) is -3.83. The van der Waals surface area contributed by atoms with Crippen molar-refractivity contribution in [1.82, 2.24) is 5.32 Å². The van der Waals surface area contributed by atoms with Gasteiger partial charge in [-0.25, -0.2) is 0 Å². The van der Waals surface area contributed by atoms with Crippen LogP contribution in [0.3, 0.4) is 0 Å². The molecule has 0 saturated carbocycles. The number of hydrogen-bond donors (Lipinski definition) is 16. The molecule has 0 bridgehead atoms. The number of phenols is 1. The summed E-state index contributed by atoms with van der Waals surface area (Å²) in [6.45, 7) is 0.205. The van der Waals surface area contributed by atoms with Crippen LogP contribution in [0.25, 0.3) is 0 Å². The largest absolute Gasteiger partial charge is 0.508 e. The Bertz CT molecular complexity index is 1190. The minimum absolute atomic E-state index is 0.0231. The number of carbonyl (C=O) groups is 7. The SMILES string of the molecule is N=C(N)NCCCC(N)C(=O)O.NC(CC(=O)O)C(=O)O.NC(CCC(=O)O)C(=O)O.NC(Cc1ccc(O)cc1)C(=O)O.NCC(=O)O. The van der Waals surface area contributed by atoms with Gasteiger partial charge in [0.25, 0.3) is 0 Å². The number of carboxylic acids is 7. The number of nitrogens with two attached hydrogens (primary N) is 6. The maximum absolute atomic E-state index is 10.4. The number of hydrogen-bond acceptors (Lipinski definition) is 14. The van der Waals surface area contributed by atoms with Crippen LogP contribution in [0.15, 0.2) is 24.3 Å². The molecule has 1 rings (SSSR count). The molecule has 0 aliphatic heterocycles. The van der Waals surface area contributed by atoms with Crippen LogP contribution in [-0.4, -0.2) is 126 Å². The first kappa shape index (κ1) is 50.2. The molecule has 1 aromatic carbocycles. The van der Waals surface area contributed by atoms with Gasteiger partial charge in [-0.2, -0.15) is 0 Å². The van der Waals surface area contributed by atoms with E-state index in [0.717, 1.165) is 5.56 Å². The first-order chi connectivity index (χ1) is 22.5. The highest BCUT2D eigenvalue weighted by Gasteiger charge is 2.15. The van der Waals surface area contributed by atoms with Gasteiger partial charge >= 0.3 is 41.8 Å². The Balaban J connectivity index is -0.000000266. The average molecular weight is 711 g/mol. The zero-order valence-corrected chi connectivity index (χ0v) is 26.2. The fourth-order valence-electron chi connectivity index (χ4n) is 2.32. The van der Waals surface area contributed by atoms with Gasteiger partial charge in [-0.1, -0.05) is 12.1 Å². The summed E-state index contributed by atoms with van der Waals surface area (Å²) in [5.41, 5.74) is 30.7. The highest BCUT2D eigenvalue weighted by molar-refractivity contribution is 5.80. The fraction of sp³-hybridized carbons (Fsp3) is 0.462. The predicted molar refractivity (Wildman–Crippen MR) is 169 cm³/mol. The lowest BCUT2D eigenvalue weighted by molar-refractivity contribution is -0.144. The summed E-state index contributed by atoms with van der Waals surface area (Å²) < 4.78 is 0. The van der Waals surface area contributed by atoms with E-state index in [4.69, 9.17) is 74.9 Å². The molecule has 23 nitrogen and oxygen atoms in total. The number of guanidine groups is 1. The third-order valence-electron chi connectivity index (χ3n) is 4.91. The van der Waals surface area contributed by atoms with Crippen LogP contribution in [0.2, 0.25) is 0 Å². The Morgan fingerprint density at radius 1 is 0.653 bits per heavy atom. The molecule has 1 aromatic rings. The van der Waals surface area contributed by atoms with Crippen molar-refractivity contribution in [2.75, 3.05) is 13.1 Å². The second-order valence-electron chi connectivity index (χ2n) is 9.26. The Kier molecular flexibility index (Phi) is 30.5. The smallest absolute Gasteiger partial charge is 0.321 e. The van der Waals surface area contributed by atoms with E-state index in [0.29, 0.717) is 19.4 Å². The molecule has 0 radical (unpaired) electrons. The van der Waals surface area contributed by atoms with Crippen molar-refractivity contribution in [3.8, 4) is 5.75 Å². The van der Waals surface area contributed by atoms with Gasteiger partial charge in [0.05, 0.1) is 13.0 Å². The van der Waals surface area contributed by atoms with E-state index in [1.54, 1.807) is 12.1 Å². The van der Waals surface area contributed by atoms with E-state index >= 15 is 0 Å². The van der Waals surface area contributed by atoms with Crippen LogP contribution in [0.5, 0.6) is 5.75 Å². The maximum Gasteiger partial charge on any atom is 0.321 e. The Labute approximate surface area is 279 Å². The molecule has 0 amide bonds. The van der Waals surface area contributed by atoms with Gasteiger partial charge in [-0.3, -0.25) is 39.0 Å². The second-order valence-corrected chi connectivity index (χ2v) is 9.26.